The summed E-state index contributed by atoms with van der Waals surface area (Å²) in [6.45, 7) is 0. The second-order valence-electron chi connectivity index (χ2n) is 6.15. The molecule has 0 fully saturated rings. The highest BCUT2D eigenvalue weighted by atomic mass is 14.3. The average molecular weight is 273 g/mol. The number of rotatable bonds is 0. The van der Waals surface area contributed by atoms with Crippen molar-refractivity contribution < 1.29 is 0 Å². The van der Waals surface area contributed by atoms with Crippen LogP contribution >= 0.6 is 0 Å². The van der Waals surface area contributed by atoms with E-state index in [0.717, 1.165) is 25.7 Å². The second kappa shape index (κ2) is 13.1. The lowest BCUT2D eigenvalue weighted by molar-refractivity contribution is 0.472. The molecular formula is C19H31N. The largest absolute Gasteiger partial charge is 0.198 e. The van der Waals surface area contributed by atoms with Gasteiger partial charge in [0.15, 0.2) is 0 Å². The van der Waals surface area contributed by atoms with Gasteiger partial charge in [-0.05, 0) is 25.7 Å². The molecule has 1 rings (SSSR count). The van der Waals surface area contributed by atoms with Crippen molar-refractivity contribution in [1.82, 2.24) is 0 Å². The summed E-state index contributed by atoms with van der Waals surface area (Å²) in [5, 5.41) is 9.18. The highest BCUT2D eigenvalue weighted by molar-refractivity contribution is 4.98. The van der Waals surface area contributed by atoms with Crippen molar-refractivity contribution in [2.75, 3.05) is 0 Å². The van der Waals surface area contributed by atoms with Crippen LogP contribution < -0.4 is 0 Å². The fraction of sp³-hybridized carbons (Fsp3) is 0.842. The third kappa shape index (κ3) is 9.91. The standard InChI is InChI=1S/C19H31N/c20-18-19-16-14-12-10-8-6-4-2-1-3-5-7-9-11-13-15-17-19/h19H,2,4-17H2. The van der Waals surface area contributed by atoms with Crippen molar-refractivity contribution in [2.45, 2.75) is 96.3 Å². The van der Waals surface area contributed by atoms with E-state index < -0.39 is 0 Å². The van der Waals surface area contributed by atoms with Crippen molar-refractivity contribution in [3.63, 3.8) is 0 Å². The summed E-state index contributed by atoms with van der Waals surface area (Å²) in [6, 6.07) is 2.51. The monoisotopic (exact) mass is 273 g/mol. The van der Waals surface area contributed by atoms with E-state index in [9.17, 15) is 5.26 Å². The van der Waals surface area contributed by atoms with Gasteiger partial charge in [0.1, 0.15) is 0 Å². The molecule has 1 unspecified atom stereocenters. The SMILES string of the molecule is N#CC1CCCCCCCC#CCCCCCCCC1. The van der Waals surface area contributed by atoms with E-state index >= 15 is 0 Å². The fourth-order valence-corrected chi connectivity index (χ4v) is 2.90. The van der Waals surface area contributed by atoms with Gasteiger partial charge in [-0.1, -0.05) is 57.8 Å². The van der Waals surface area contributed by atoms with Crippen molar-refractivity contribution in [3.05, 3.63) is 0 Å². The molecular weight excluding hydrogens is 242 g/mol. The zero-order valence-electron chi connectivity index (χ0n) is 13.1. The van der Waals surface area contributed by atoms with Crippen LogP contribution in [0.3, 0.4) is 0 Å². The predicted octanol–water partition coefficient (Wildman–Crippen LogP) is 5.99. The van der Waals surface area contributed by atoms with Crippen molar-refractivity contribution in [1.29, 1.82) is 5.26 Å². The minimum Gasteiger partial charge on any atom is -0.198 e. The molecule has 0 aromatic carbocycles. The lowest BCUT2D eigenvalue weighted by Crippen LogP contribution is -1.97. The summed E-state index contributed by atoms with van der Waals surface area (Å²) in [6.07, 6.45) is 18.7. The van der Waals surface area contributed by atoms with Crippen molar-refractivity contribution in [3.8, 4) is 17.9 Å². The highest BCUT2D eigenvalue weighted by Crippen LogP contribution is 2.18. The van der Waals surface area contributed by atoms with Gasteiger partial charge >= 0.3 is 0 Å². The minimum absolute atomic E-state index is 0.319. The van der Waals surface area contributed by atoms with Crippen molar-refractivity contribution >= 4 is 0 Å². The zero-order chi connectivity index (χ0) is 14.3. The Bertz CT molecular complexity index is 315. The highest BCUT2D eigenvalue weighted by Gasteiger charge is 2.06. The first-order valence-corrected chi connectivity index (χ1v) is 8.79. The van der Waals surface area contributed by atoms with Gasteiger partial charge in [-0.15, -0.1) is 11.8 Å². The summed E-state index contributed by atoms with van der Waals surface area (Å²) in [4.78, 5) is 0. The van der Waals surface area contributed by atoms with Crippen LogP contribution in [0.15, 0.2) is 0 Å². The molecule has 1 nitrogen and oxygen atoms in total. The fourth-order valence-electron chi connectivity index (χ4n) is 2.90. The van der Waals surface area contributed by atoms with Gasteiger partial charge in [-0.2, -0.15) is 5.26 Å². The van der Waals surface area contributed by atoms with Crippen LogP contribution in [-0.2, 0) is 0 Å². The number of nitriles is 1. The number of hydrogen-bond acceptors (Lipinski definition) is 1. The zero-order valence-corrected chi connectivity index (χ0v) is 13.1. The Morgan fingerprint density at radius 1 is 0.600 bits per heavy atom. The number of hydrogen-bond donors (Lipinski definition) is 0. The van der Waals surface area contributed by atoms with Gasteiger partial charge in [0.05, 0.1) is 6.07 Å². The normalized spacial score (nSPS) is 24.4. The first kappa shape index (κ1) is 17.1. The van der Waals surface area contributed by atoms with Crippen LogP contribution in [0, 0.1) is 29.1 Å². The van der Waals surface area contributed by atoms with Crippen LogP contribution in [0.5, 0.6) is 0 Å². The Hall–Kier alpha value is -0.950. The molecule has 0 amide bonds. The van der Waals surface area contributed by atoms with Crippen LogP contribution in [0.2, 0.25) is 0 Å². The summed E-state index contributed by atoms with van der Waals surface area (Å²) in [5.74, 6) is 6.95. The van der Waals surface area contributed by atoms with E-state index in [1.54, 1.807) is 0 Å². The van der Waals surface area contributed by atoms with Gasteiger partial charge in [0.25, 0.3) is 0 Å². The van der Waals surface area contributed by atoms with Gasteiger partial charge in [0, 0.05) is 18.8 Å². The number of nitrogens with zero attached hydrogens (tertiary/aromatic N) is 1. The Labute approximate surface area is 126 Å². The van der Waals surface area contributed by atoms with E-state index in [1.807, 2.05) is 0 Å². The van der Waals surface area contributed by atoms with Crippen LogP contribution in [0.4, 0.5) is 0 Å². The molecule has 0 saturated heterocycles. The Morgan fingerprint density at radius 2 is 1.00 bits per heavy atom. The summed E-state index contributed by atoms with van der Waals surface area (Å²) >= 11 is 0. The quantitative estimate of drug-likeness (QED) is 0.497. The molecule has 1 heteroatoms. The molecule has 0 saturated carbocycles. The third-order valence-corrected chi connectivity index (χ3v) is 4.27. The van der Waals surface area contributed by atoms with Gasteiger partial charge < -0.3 is 0 Å². The summed E-state index contributed by atoms with van der Waals surface area (Å²) in [7, 11) is 0. The smallest absolute Gasteiger partial charge is 0.0655 e. The predicted molar refractivity (Wildman–Crippen MR) is 86.1 cm³/mol. The average Bonchev–Trinajstić information content (AvgIpc) is 2.47. The van der Waals surface area contributed by atoms with E-state index in [-0.39, 0.29) is 0 Å². The van der Waals surface area contributed by atoms with Crippen LogP contribution in [-0.4, -0.2) is 0 Å². The maximum Gasteiger partial charge on any atom is 0.0655 e. The summed E-state index contributed by atoms with van der Waals surface area (Å²) < 4.78 is 0. The molecule has 1 aliphatic carbocycles. The molecule has 0 aliphatic heterocycles. The Balaban J connectivity index is 2.24. The molecule has 20 heavy (non-hydrogen) atoms. The van der Waals surface area contributed by atoms with E-state index in [1.165, 1.54) is 70.6 Å². The van der Waals surface area contributed by atoms with Gasteiger partial charge in [-0.25, -0.2) is 0 Å². The molecule has 0 spiro atoms. The molecule has 0 radical (unpaired) electrons. The van der Waals surface area contributed by atoms with Crippen molar-refractivity contribution in [2.24, 2.45) is 5.92 Å². The molecule has 112 valence electrons. The third-order valence-electron chi connectivity index (χ3n) is 4.27. The molecule has 0 N–H and O–H groups in total. The van der Waals surface area contributed by atoms with E-state index in [0.29, 0.717) is 5.92 Å². The molecule has 0 heterocycles. The lowest BCUT2D eigenvalue weighted by Gasteiger charge is -2.09. The topological polar surface area (TPSA) is 23.8 Å². The summed E-state index contributed by atoms with van der Waals surface area (Å²) in [5.41, 5.74) is 0. The van der Waals surface area contributed by atoms with Gasteiger partial charge in [0.2, 0.25) is 0 Å². The van der Waals surface area contributed by atoms with Gasteiger partial charge in [-0.3, -0.25) is 0 Å². The molecule has 0 aromatic heterocycles. The van der Waals surface area contributed by atoms with Crippen LogP contribution in [0.1, 0.15) is 96.3 Å². The van der Waals surface area contributed by atoms with Crippen LogP contribution in [0.25, 0.3) is 0 Å². The first-order chi connectivity index (χ1) is 9.93. The Kier molecular flexibility index (Phi) is 11.2. The van der Waals surface area contributed by atoms with E-state index in [2.05, 4.69) is 17.9 Å². The second-order valence-corrected chi connectivity index (χ2v) is 6.15. The Morgan fingerprint density at radius 3 is 1.45 bits per heavy atom. The molecule has 1 aliphatic rings. The molecule has 0 aromatic rings. The van der Waals surface area contributed by atoms with E-state index in [4.69, 9.17) is 0 Å². The first-order valence-electron chi connectivity index (χ1n) is 8.79. The molecule has 1 atom stereocenters. The maximum absolute atomic E-state index is 9.18. The minimum atomic E-state index is 0.319. The molecule has 0 bridgehead atoms. The lowest BCUT2D eigenvalue weighted by atomic mass is 9.95. The maximum atomic E-state index is 9.18.